The monoisotopic (exact) mass is 372 g/mol. The van der Waals surface area contributed by atoms with Gasteiger partial charge in [0.2, 0.25) is 11.8 Å². The van der Waals surface area contributed by atoms with Crippen LogP contribution >= 0.6 is 0 Å². The molecule has 0 atom stereocenters. The first-order valence-electron chi connectivity index (χ1n) is 6.97. The predicted molar refractivity (Wildman–Crippen MR) is 77.8 cm³/mol. The highest BCUT2D eigenvalue weighted by Crippen LogP contribution is 2.19. The van der Waals surface area contributed by atoms with Gasteiger partial charge < -0.3 is 10.6 Å². The van der Waals surface area contributed by atoms with Crippen LogP contribution in [-0.4, -0.2) is 59.6 Å². The summed E-state index contributed by atoms with van der Waals surface area (Å²) in [6.45, 7) is -1.52. The molecule has 1 aliphatic rings. The third-order valence-corrected chi connectivity index (χ3v) is 3.31. The first kappa shape index (κ1) is 18.9. The molecule has 2 N–H and O–H groups in total. The SMILES string of the molecule is CN1C(=O)C(=O)N(CC(=O)NCC(=O)Nc2ccc(F)c(F)c2F)C1=O. The van der Waals surface area contributed by atoms with E-state index in [1.54, 1.807) is 0 Å². The zero-order valence-electron chi connectivity index (χ0n) is 13.1. The van der Waals surface area contributed by atoms with Crippen molar-refractivity contribution in [1.82, 2.24) is 15.1 Å². The average molecular weight is 372 g/mol. The molecule has 0 spiro atoms. The van der Waals surface area contributed by atoms with E-state index in [4.69, 9.17) is 0 Å². The lowest BCUT2D eigenvalue weighted by atomic mass is 10.2. The van der Waals surface area contributed by atoms with Crippen molar-refractivity contribution in [3.8, 4) is 0 Å². The largest absolute Gasteiger partial charge is 0.345 e. The molecular weight excluding hydrogens is 361 g/mol. The van der Waals surface area contributed by atoms with Gasteiger partial charge in [0.05, 0.1) is 12.2 Å². The molecule has 0 radical (unpaired) electrons. The molecule has 1 saturated heterocycles. The Balaban J connectivity index is 1.89. The molecule has 9 nitrogen and oxygen atoms in total. The molecule has 138 valence electrons. The highest BCUT2D eigenvalue weighted by Gasteiger charge is 2.42. The molecule has 0 unspecified atom stereocenters. The van der Waals surface area contributed by atoms with Gasteiger partial charge in [-0.15, -0.1) is 0 Å². The molecule has 0 aromatic heterocycles. The highest BCUT2D eigenvalue weighted by atomic mass is 19.2. The number of imide groups is 2. The van der Waals surface area contributed by atoms with Crippen molar-refractivity contribution in [1.29, 1.82) is 0 Å². The van der Waals surface area contributed by atoms with Gasteiger partial charge in [0.15, 0.2) is 17.5 Å². The fourth-order valence-electron chi connectivity index (χ4n) is 1.95. The third kappa shape index (κ3) is 3.63. The summed E-state index contributed by atoms with van der Waals surface area (Å²) in [6, 6.07) is 0.393. The normalized spacial score (nSPS) is 14.1. The summed E-state index contributed by atoms with van der Waals surface area (Å²) >= 11 is 0. The third-order valence-electron chi connectivity index (χ3n) is 3.31. The van der Waals surface area contributed by atoms with Gasteiger partial charge >= 0.3 is 17.8 Å². The molecule has 0 bridgehead atoms. The van der Waals surface area contributed by atoms with Crippen molar-refractivity contribution in [3.05, 3.63) is 29.6 Å². The number of halogens is 3. The Kier molecular flexibility index (Phi) is 5.24. The molecular formula is C14H11F3N4O5. The maximum Gasteiger partial charge on any atom is 0.334 e. The number of hydrogen-bond donors (Lipinski definition) is 2. The van der Waals surface area contributed by atoms with Crippen molar-refractivity contribution < 1.29 is 37.1 Å². The number of anilines is 1. The van der Waals surface area contributed by atoms with Crippen LogP contribution in [0.4, 0.5) is 23.7 Å². The van der Waals surface area contributed by atoms with Crippen LogP contribution in [0, 0.1) is 17.5 Å². The van der Waals surface area contributed by atoms with Gasteiger partial charge in [0.25, 0.3) is 0 Å². The van der Waals surface area contributed by atoms with Crippen LogP contribution in [-0.2, 0) is 19.2 Å². The van der Waals surface area contributed by atoms with E-state index in [9.17, 15) is 37.1 Å². The lowest BCUT2D eigenvalue weighted by Crippen LogP contribution is -2.43. The molecule has 1 fully saturated rings. The Hall–Kier alpha value is -3.44. The number of carbonyl (C=O) groups excluding carboxylic acids is 5. The lowest BCUT2D eigenvalue weighted by Gasteiger charge is -2.13. The zero-order valence-corrected chi connectivity index (χ0v) is 13.1. The van der Waals surface area contributed by atoms with Crippen molar-refractivity contribution in [2.24, 2.45) is 0 Å². The fraction of sp³-hybridized carbons (Fsp3) is 0.214. The molecule has 26 heavy (non-hydrogen) atoms. The second kappa shape index (κ2) is 7.21. The van der Waals surface area contributed by atoms with Crippen molar-refractivity contribution in [2.45, 2.75) is 0 Å². The summed E-state index contributed by atoms with van der Waals surface area (Å²) in [5, 5.41) is 3.94. The summed E-state index contributed by atoms with van der Waals surface area (Å²) in [6.07, 6.45) is 0. The number of carbonyl (C=O) groups is 5. The van der Waals surface area contributed by atoms with Gasteiger partial charge in [-0.1, -0.05) is 0 Å². The maximum atomic E-state index is 13.4. The van der Waals surface area contributed by atoms with E-state index in [-0.39, 0.29) is 0 Å². The van der Waals surface area contributed by atoms with Gasteiger partial charge in [-0.25, -0.2) is 22.9 Å². The Labute approximate surface area is 143 Å². The first-order valence-corrected chi connectivity index (χ1v) is 6.97. The molecule has 1 heterocycles. The van der Waals surface area contributed by atoms with Crippen LogP contribution in [0.15, 0.2) is 12.1 Å². The number of rotatable bonds is 5. The van der Waals surface area contributed by atoms with E-state index in [2.05, 4.69) is 0 Å². The molecule has 6 amide bonds. The molecule has 1 aliphatic heterocycles. The van der Waals surface area contributed by atoms with E-state index in [0.29, 0.717) is 15.9 Å². The van der Waals surface area contributed by atoms with Gasteiger partial charge in [0.1, 0.15) is 6.54 Å². The average Bonchev–Trinajstić information content (AvgIpc) is 2.78. The summed E-state index contributed by atoms with van der Waals surface area (Å²) in [4.78, 5) is 58.5. The zero-order chi connectivity index (χ0) is 19.6. The summed E-state index contributed by atoms with van der Waals surface area (Å²) < 4.78 is 39.3. The minimum absolute atomic E-state index is 0.380. The summed E-state index contributed by atoms with van der Waals surface area (Å²) in [5.74, 6) is -9.04. The van der Waals surface area contributed by atoms with Gasteiger partial charge in [-0.3, -0.25) is 24.1 Å². The smallest absolute Gasteiger partial charge is 0.334 e. The number of likely N-dealkylation sites (N-methyl/N-ethyl adjacent to an activating group) is 1. The van der Waals surface area contributed by atoms with Gasteiger partial charge in [0, 0.05) is 7.05 Å². The number of nitrogens with one attached hydrogen (secondary N) is 2. The molecule has 12 heteroatoms. The minimum Gasteiger partial charge on any atom is -0.345 e. The van der Waals surface area contributed by atoms with Crippen molar-refractivity contribution in [2.75, 3.05) is 25.5 Å². The van der Waals surface area contributed by atoms with E-state index in [0.717, 1.165) is 13.1 Å². The standard InChI is InChI=1S/C14H11F3N4O5/c1-20-12(24)13(25)21(14(20)26)5-9(23)18-4-8(22)19-7-3-2-6(15)10(16)11(7)17/h2-3H,4-5H2,1H3,(H,18,23)(H,19,22). The topological polar surface area (TPSA) is 116 Å². The Bertz CT molecular complexity index is 829. The van der Waals surface area contributed by atoms with Crippen LogP contribution in [0.1, 0.15) is 0 Å². The highest BCUT2D eigenvalue weighted by molar-refractivity contribution is 6.44. The second-order valence-corrected chi connectivity index (χ2v) is 5.09. The quantitative estimate of drug-likeness (QED) is 0.414. The first-order chi connectivity index (χ1) is 12.1. The van der Waals surface area contributed by atoms with Crippen LogP contribution in [0.25, 0.3) is 0 Å². The molecule has 2 rings (SSSR count). The van der Waals surface area contributed by atoms with Crippen LogP contribution in [0.3, 0.4) is 0 Å². The van der Waals surface area contributed by atoms with Crippen LogP contribution < -0.4 is 10.6 Å². The van der Waals surface area contributed by atoms with E-state index in [1.165, 1.54) is 0 Å². The lowest BCUT2D eigenvalue weighted by molar-refractivity contribution is -0.143. The number of hydrogen-bond acceptors (Lipinski definition) is 5. The Morgan fingerprint density at radius 3 is 2.23 bits per heavy atom. The van der Waals surface area contributed by atoms with E-state index in [1.807, 2.05) is 10.6 Å². The predicted octanol–water partition coefficient (Wildman–Crippen LogP) is -0.421. The van der Waals surface area contributed by atoms with Crippen molar-refractivity contribution >= 4 is 35.3 Å². The Morgan fingerprint density at radius 1 is 1.00 bits per heavy atom. The van der Waals surface area contributed by atoms with E-state index >= 15 is 0 Å². The Morgan fingerprint density at radius 2 is 1.65 bits per heavy atom. The number of amides is 6. The molecule has 0 aliphatic carbocycles. The maximum absolute atomic E-state index is 13.4. The molecule has 0 saturated carbocycles. The number of benzene rings is 1. The summed E-state index contributed by atoms with van der Waals surface area (Å²) in [5.41, 5.74) is -0.639. The molecule has 1 aromatic rings. The minimum atomic E-state index is -1.77. The van der Waals surface area contributed by atoms with Crippen molar-refractivity contribution in [3.63, 3.8) is 0 Å². The molecule has 1 aromatic carbocycles. The summed E-state index contributed by atoms with van der Waals surface area (Å²) in [7, 11) is 1.06. The van der Waals surface area contributed by atoms with Crippen LogP contribution in [0.2, 0.25) is 0 Å². The van der Waals surface area contributed by atoms with E-state index < -0.39 is 65.9 Å². The van der Waals surface area contributed by atoms with Gasteiger partial charge in [-0.05, 0) is 12.1 Å². The van der Waals surface area contributed by atoms with Crippen LogP contribution in [0.5, 0.6) is 0 Å². The number of nitrogens with zero attached hydrogens (tertiary/aromatic N) is 2. The number of urea groups is 1. The fourth-order valence-corrected chi connectivity index (χ4v) is 1.95. The van der Waals surface area contributed by atoms with Gasteiger partial charge in [-0.2, -0.15) is 0 Å². The second-order valence-electron chi connectivity index (χ2n) is 5.09.